The van der Waals surface area contributed by atoms with Crippen LogP contribution in [-0.2, 0) is 18.9 Å². The summed E-state index contributed by atoms with van der Waals surface area (Å²) in [4.78, 5) is 0. The summed E-state index contributed by atoms with van der Waals surface area (Å²) >= 11 is 0. The van der Waals surface area contributed by atoms with Gasteiger partial charge in [0.2, 0.25) is 0 Å². The van der Waals surface area contributed by atoms with Crippen molar-refractivity contribution in [2.75, 3.05) is 40.3 Å². The zero-order valence-electron chi connectivity index (χ0n) is 10.6. The maximum absolute atomic E-state index is 9.87. The Balaban J connectivity index is 2.01. The second-order valence-corrected chi connectivity index (χ2v) is 4.22. The number of aliphatic hydroxyl groups is 1. The van der Waals surface area contributed by atoms with Gasteiger partial charge in [-0.15, -0.1) is 0 Å². The molecule has 1 fully saturated rings. The van der Waals surface area contributed by atoms with Crippen LogP contribution in [-0.4, -0.2) is 57.6 Å². The minimum absolute atomic E-state index is 0.0866. The summed E-state index contributed by atoms with van der Waals surface area (Å²) in [5.74, 6) is 0. The molecule has 1 saturated heterocycles. The highest BCUT2D eigenvalue weighted by Gasteiger charge is 2.21. The molecule has 0 aromatic heterocycles. The first-order valence-electron chi connectivity index (χ1n) is 6.28. The van der Waals surface area contributed by atoms with Gasteiger partial charge < -0.3 is 24.1 Å². The summed E-state index contributed by atoms with van der Waals surface area (Å²) in [5, 5.41) is 9.87. The van der Waals surface area contributed by atoms with Crippen LogP contribution in [0.3, 0.4) is 0 Å². The Kier molecular flexibility index (Phi) is 8.56. The molecule has 1 aliphatic heterocycles. The molecule has 0 aromatic rings. The van der Waals surface area contributed by atoms with Gasteiger partial charge in [0.1, 0.15) is 12.9 Å². The fourth-order valence-electron chi connectivity index (χ4n) is 1.78. The van der Waals surface area contributed by atoms with Gasteiger partial charge in [-0.25, -0.2) is 0 Å². The van der Waals surface area contributed by atoms with Crippen LogP contribution in [0.5, 0.6) is 0 Å². The van der Waals surface area contributed by atoms with E-state index in [0.29, 0.717) is 13.2 Å². The Morgan fingerprint density at radius 3 is 2.94 bits per heavy atom. The predicted molar refractivity (Wildman–Crippen MR) is 62.9 cm³/mol. The largest absolute Gasteiger partial charge is 0.388 e. The Labute approximate surface area is 103 Å². The van der Waals surface area contributed by atoms with Crippen molar-refractivity contribution in [3.63, 3.8) is 0 Å². The highest BCUT2D eigenvalue weighted by molar-refractivity contribution is 4.70. The van der Waals surface area contributed by atoms with Crippen LogP contribution in [0, 0.1) is 0 Å². The highest BCUT2D eigenvalue weighted by Crippen LogP contribution is 2.16. The average molecular weight is 248 g/mol. The fourth-order valence-corrected chi connectivity index (χ4v) is 1.78. The van der Waals surface area contributed by atoms with E-state index in [2.05, 4.69) is 0 Å². The molecule has 5 heteroatoms. The third kappa shape index (κ3) is 6.95. The van der Waals surface area contributed by atoms with Gasteiger partial charge >= 0.3 is 0 Å². The molecule has 0 spiro atoms. The first kappa shape index (κ1) is 14.9. The van der Waals surface area contributed by atoms with E-state index in [1.807, 2.05) is 0 Å². The Bertz CT molecular complexity index is 168. The Morgan fingerprint density at radius 1 is 1.24 bits per heavy atom. The van der Waals surface area contributed by atoms with E-state index >= 15 is 0 Å². The quantitative estimate of drug-likeness (QED) is 0.512. The monoisotopic (exact) mass is 248 g/mol. The summed E-state index contributed by atoms with van der Waals surface area (Å²) in [6.45, 7) is 2.25. The van der Waals surface area contributed by atoms with E-state index in [4.69, 9.17) is 18.9 Å². The maximum Gasteiger partial charge on any atom is 0.146 e. The topological polar surface area (TPSA) is 57.2 Å². The van der Waals surface area contributed by atoms with Gasteiger partial charge in [-0.3, -0.25) is 0 Å². The number of aliphatic hydroxyl groups excluding tert-OH is 1. The average Bonchev–Trinajstić information content (AvgIpc) is 2.62. The molecule has 2 atom stereocenters. The van der Waals surface area contributed by atoms with Gasteiger partial charge in [-0.05, 0) is 12.8 Å². The lowest BCUT2D eigenvalue weighted by molar-refractivity contribution is -0.116. The third-order valence-electron chi connectivity index (χ3n) is 2.78. The first-order chi connectivity index (χ1) is 8.34. The molecule has 1 aliphatic rings. The van der Waals surface area contributed by atoms with Crippen LogP contribution in [0.4, 0.5) is 0 Å². The van der Waals surface area contributed by atoms with Crippen molar-refractivity contribution in [3.8, 4) is 0 Å². The van der Waals surface area contributed by atoms with Crippen molar-refractivity contribution in [2.45, 2.75) is 37.9 Å². The van der Waals surface area contributed by atoms with E-state index in [1.165, 1.54) is 6.42 Å². The van der Waals surface area contributed by atoms with Crippen LogP contribution in [0.2, 0.25) is 0 Å². The van der Waals surface area contributed by atoms with Crippen molar-refractivity contribution in [2.24, 2.45) is 0 Å². The number of hydrogen-bond acceptors (Lipinski definition) is 5. The highest BCUT2D eigenvalue weighted by atomic mass is 16.7. The Hall–Kier alpha value is -0.200. The fraction of sp³-hybridized carbons (Fsp3) is 1.00. The van der Waals surface area contributed by atoms with Gasteiger partial charge in [-0.2, -0.15) is 0 Å². The molecule has 1 N–H and O–H groups in total. The zero-order chi connectivity index (χ0) is 12.3. The molecule has 0 aliphatic carbocycles. The molecule has 0 bridgehead atoms. The van der Waals surface area contributed by atoms with Crippen LogP contribution in [0.25, 0.3) is 0 Å². The van der Waals surface area contributed by atoms with Crippen LogP contribution in [0.1, 0.15) is 25.7 Å². The molecule has 102 valence electrons. The van der Waals surface area contributed by atoms with Gasteiger partial charge in [0.25, 0.3) is 0 Å². The van der Waals surface area contributed by atoms with E-state index in [-0.39, 0.29) is 19.5 Å². The predicted octanol–water partition coefficient (Wildman–Crippen LogP) is 0.944. The number of methoxy groups -OCH3 is 1. The van der Waals surface area contributed by atoms with Crippen molar-refractivity contribution in [3.05, 3.63) is 0 Å². The van der Waals surface area contributed by atoms with E-state index in [9.17, 15) is 5.11 Å². The van der Waals surface area contributed by atoms with Crippen molar-refractivity contribution >= 4 is 0 Å². The smallest absolute Gasteiger partial charge is 0.146 e. The summed E-state index contributed by atoms with van der Waals surface area (Å²) in [6, 6.07) is 0. The minimum atomic E-state index is -0.556. The first-order valence-corrected chi connectivity index (χ1v) is 6.28. The number of hydrogen-bond donors (Lipinski definition) is 1. The van der Waals surface area contributed by atoms with E-state index < -0.39 is 6.10 Å². The van der Waals surface area contributed by atoms with Crippen LogP contribution >= 0.6 is 0 Å². The lowest BCUT2D eigenvalue weighted by atomic mass is 10.1. The van der Waals surface area contributed by atoms with Gasteiger partial charge in [0.05, 0.1) is 25.9 Å². The second-order valence-electron chi connectivity index (χ2n) is 4.22. The maximum atomic E-state index is 9.87. The summed E-state index contributed by atoms with van der Waals surface area (Å²) in [5.41, 5.74) is 0. The lowest BCUT2D eigenvalue weighted by Crippen LogP contribution is -2.33. The molecule has 1 heterocycles. The minimum Gasteiger partial charge on any atom is -0.388 e. The molecule has 0 aromatic carbocycles. The number of ether oxygens (including phenoxy) is 4. The van der Waals surface area contributed by atoms with Gasteiger partial charge in [0.15, 0.2) is 0 Å². The SMILES string of the molecule is COCCOCOC[C@H](O)[C@H]1CCCCCO1. The normalized spacial score (nSPS) is 23.3. The number of rotatable bonds is 8. The van der Waals surface area contributed by atoms with Crippen molar-refractivity contribution in [1.82, 2.24) is 0 Å². The molecule has 0 saturated carbocycles. The molecular formula is C12H24O5. The third-order valence-corrected chi connectivity index (χ3v) is 2.78. The van der Waals surface area contributed by atoms with Gasteiger partial charge in [-0.1, -0.05) is 12.8 Å². The van der Waals surface area contributed by atoms with Crippen LogP contribution in [0.15, 0.2) is 0 Å². The molecule has 0 radical (unpaired) electrons. The van der Waals surface area contributed by atoms with Crippen molar-refractivity contribution < 1.29 is 24.1 Å². The summed E-state index contributed by atoms with van der Waals surface area (Å²) in [7, 11) is 1.62. The summed E-state index contributed by atoms with van der Waals surface area (Å²) in [6.07, 6.45) is 3.66. The van der Waals surface area contributed by atoms with E-state index in [0.717, 1.165) is 25.9 Å². The lowest BCUT2D eigenvalue weighted by Gasteiger charge is -2.21. The Morgan fingerprint density at radius 2 is 2.12 bits per heavy atom. The van der Waals surface area contributed by atoms with Gasteiger partial charge in [0, 0.05) is 13.7 Å². The summed E-state index contributed by atoms with van der Waals surface area (Å²) < 4.78 is 20.8. The zero-order valence-corrected chi connectivity index (χ0v) is 10.6. The molecule has 0 amide bonds. The molecule has 1 rings (SSSR count). The molecular weight excluding hydrogens is 224 g/mol. The van der Waals surface area contributed by atoms with E-state index in [1.54, 1.807) is 7.11 Å². The molecule has 17 heavy (non-hydrogen) atoms. The van der Waals surface area contributed by atoms with Crippen LogP contribution < -0.4 is 0 Å². The molecule has 0 unspecified atom stereocenters. The van der Waals surface area contributed by atoms with Crippen molar-refractivity contribution in [1.29, 1.82) is 0 Å². The standard InChI is InChI=1S/C12H24O5/c1-14-7-8-15-10-16-9-11(13)12-5-3-2-4-6-17-12/h11-13H,2-10H2,1H3/t11-,12+/m0/s1. The molecule has 5 nitrogen and oxygen atoms in total. The second kappa shape index (κ2) is 9.79.